The molecular formula is C24H27N3O2. The Morgan fingerprint density at radius 3 is 2.55 bits per heavy atom. The molecule has 0 radical (unpaired) electrons. The normalized spacial score (nSPS) is 23.9. The van der Waals surface area contributed by atoms with Crippen molar-refractivity contribution in [2.24, 2.45) is 5.92 Å². The van der Waals surface area contributed by atoms with Crippen LogP contribution < -0.4 is 10.6 Å². The average molecular weight is 389 g/mol. The lowest BCUT2D eigenvalue weighted by atomic mass is 9.77. The molecule has 1 amide bonds. The molecule has 1 saturated carbocycles. The van der Waals surface area contributed by atoms with Crippen LogP contribution in [-0.2, 0) is 4.79 Å². The highest BCUT2D eigenvalue weighted by Gasteiger charge is 2.41. The van der Waals surface area contributed by atoms with Crippen LogP contribution in [0.1, 0.15) is 42.7 Å². The van der Waals surface area contributed by atoms with Crippen LogP contribution >= 0.6 is 0 Å². The third-order valence-electron chi connectivity index (χ3n) is 6.33. The van der Waals surface area contributed by atoms with Gasteiger partial charge < -0.3 is 15.7 Å². The molecule has 1 aliphatic heterocycles. The number of benzene rings is 2. The summed E-state index contributed by atoms with van der Waals surface area (Å²) in [7, 11) is 0. The summed E-state index contributed by atoms with van der Waals surface area (Å²) < 4.78 is 0. The maximum absolute atomic E-state index is 12.3. The summed E-state index contributed by atoms with van der Waals surface area (Å²) in [6.45, 7) is 0.659. The first-order valence-corrected chi connectivity index (χ1v) is 10.4. The standard InChI is InChI=1S/C24H27N3O2/c25-13-16-4-3-7-20(12-16)17-8-10-18(11-9-17)23-21(27-22(23)15-28)14-26-24(29)19-5-1-2-6-19/h3-4,7-12,19,21-23,27-28H,1-2,5-6,14-15H2,(H,26,29)/t21-,22-,23-/m1/s1. The van der Waals surface area contributed by atoms with Crippen molar-refractivity contribution in [1.29, 1.82) is 5.26 Å². The van der Waals surface area contributed by atoms with E-state index in [0.717, 1.165) is 42.4 Å². The largest absolute Gasteiger partial charge is 0.395 e. The van der Waals surface area contributed by atoms with E-state index < -0.39 is 0 Å². The number of aliphatic hydroxyl groups excluding tert-OH is 1. The van der Waals surface area contributed by atoms with Gasteiger partial charge in [0.15, 0.2) is 0 Å². The molecule has 1 aliphatic carbocycles. The molecule has 0 unspecified atom stereocenters. The Morgan fingerprint density at radius 1 is 1.10 bits per heavy atom. The van der Waals surface area contributed by atoms with Crippen LogP contribution in [0.2, 0.25) is 0 Å². The lowest BCUT2D eigenvalue weighted by Crippen LogP contribution is -2.64. The van der Waals surface area contributed by atoms with Gasteiger partial charge in [0.05, 0.1) is 18.2 Å². The lowest BCUT2D eigenvalue weighted by molar-refractivity contribution is -0.125. The summed E-state index contributed by atoms with van der Waals surface area (Å²) in [4.78, 5) is 12.3. The number of amides is 1. The van der Waals surface area contributed by atoms with Crippen LogP contribution in [0.15, 0.2) is 48.5 Å². The Balaban J connectivity index is 1.43. The van der Waals surface area contributed by atoms with Crippen LogP contribution in [0, 0.1) is 17.2 Å². The maximum atomic E-state index is 12.3. The first-order valence-electron chi connectivity index (χ1n) is 10.4. The molecule has 5 nitrogen and oxygen atoms in total. The smallest absolute Gasteiger partial charge is 0.223 e. The topological polar surface area (TPSA) is 85.2 Å². The van der Waals surface area contributed by atoms with Crippen molar-refractivity contribution >= 4 is 5.91 Å². The summed E-state index contributed by atoms with van der Waals surface area (Å²) >= 11 is 0. The molecule has 4 rings (SSSR count). The van der Waals surface area contributed by atoms with Gasteiger partial charge in [0.25, 0.3) is 0 Å². The summed E-state index contributed by atoms with van der Waals surface area (Å²) in [5.41, 5.74) is 3.88. The van der Waals surface area contributed by atoms with Crippen LogP contribution in [0.5, 0.6) is 0 Å². The predicted molar refractivity (Wildman–Crippen MR) is 112 cm³/mol. The van der Waals surface area contributed by atoms with E-state index >= 15 is 0 Å². The number of nitriles is 1. The Hall–Kier alpha value is -2.68. The molecule has 2 fully saturated rings. The Kier molecular flexibility index (Phi) is 5.94. The van der Waals surface area contributed by atoms with Crippen molar-refractivity contribution in [3.8, 4) is 17.2 Å². The predicted octanol–water partition coefficient (Wildman–Crippen LogP) is 2.95. The molecule has 3 atom stereocenters. The second kappa shape index (κ2) is 8.77. The molecular weight excluding hydrogens is 362 g/mol. The minimum Gasteiger partial charge on any atom is -0.395 e. The van der Waals surface area contributed by atoms with Crippen LogP contribution in [0.3, 0.4) is 0 Å². The zero-order chi connectivity index (χ0) is 20.2. The van der Waals surface area contributed by atoms with E-state index in [1.807, 2.05) is 18.2 Å². The fourth-order valence-electron chi connectivity index (χ4n) is 4.67. The summed E-state index contributed by atoms with van der Waals surface area (Å²) in [5.74, 6) is 0.511. The highest BCUT2D eigenvalue weighted by molar-refractivity contribution is 5.78. The molecule has 150 valence electrons. The minimum absolute atomic E-state index is 0.0103. The molecule has 1 saturated heterocycles. The van der Waals surface area contributed by atoms with Gasteiger partial charge in [-0.25, -0.2) is 0 Å². The first-order chi connectivity index (χ1) is 14.2. The van der Waals surface area contributed by atoms with Gasteiger partial charge in [-0.15, -0.1) is 0 Å². The number of aliphatic hydroxyl groups is 1. The highest BCUT2D eigenvalue weighted by Crippen LogP contribution is 2.33. The van der Waals surface area contributed by atoms with Crippen molar-refractivity contribution in [3.05, 3.63) is 59.7 Å². The number of nitrogens with one attached hydrogen (secondary N) is 2. The van der Waals surface area contributed by atoms with Gasteiger partial charge >= 0.3 is 0 Å². The van der Waals surface area contributed by atoms with E-state index in [1.165, 1.54) is 0 Å². The first kappa shape index (κ1) is 19.6. The zero-order valence-electron chi connectivity index (χ0n) is 16.5. The van der Waals surface area contributed by atoms with Gasteiger partial charge in [0.1, 0.15) is 0 Å². The minimum atomic E-state index is 0.0103. The number of nitrogens with zero attached hydrogens (tertiary/aromatic N) is 1. The Bertz CT molecular complexity index is 897. The van der Waals surface area contributed by atoms with Gasteiger partial charge in [-0.3, -0.25) is 4.79 Å². The molecule has 5 heteroatoms. The molecule has 3 N–H and O–H groups in total. The van der Waals surface area contributed by atoms with Crippen molar-refractivity contribution in [2.75, 3.05) is 13.2 Å². The Morgan fingerprint density at radius 2 is 1.86 bits per heavy atom. The van der Waals surface area contributed by atoms with Crippen LogP contribution in [-0.4, -0.2) is 36.2 Å². The molecule has 0 spiro atoms. The van der Waals surface area contributed by atoms with Crippen molar-refractivity contribution in [3.63, 3.8) is 0 Å². The van der Waals surface area contributed by atoms with Gasteiger partial charge in [-0.2, -0.15) is 5.26 Å². The lowest BCUT2D eigenvalue weighted by Gasteiger charge is -2.46. The van der Waals surface area contributed by atoms with Gasteiger partial charge in [0, 0.05) is 30.5 Å². The van der Waals surface area contributed by atoms with E-state index in [0.29, 0.717) is 12.1 Å². The van der Waals surface area contributed by atoms with E-state index in [-0.39, 0.29) is 36.4 Å². The van der Waals surface area contributed by atoms with Gasteiger partial charge in [-0.05, 0) is 41.7 Å². The number of rotatable bonds is 6. The molecule has 2 aromatic carbocycles. The fraction of sp³-hybridized carbons (Fsp3) is 0.417. The van der Waals surface area contributed by atoms with E-state index in [1.54, 1.807) is 6.07 Å². The van der Waals surface area contributed by atoms with E-state index in [2.05, 4.69) is 41.0 Å². The van der Waals surface area contributed by atoms with Crippen LogP contribution in [0.4, 0.5) is 0 Å². The highest BCUT2D eigenvalue weighted by atomic mass is 16.3. The van der Waals surface area contributed by atoms with Crippen molar-refractivity contribution in [1.82, 2.24) is 10.6 Å². The molecule has 1 heterocycles. The van der Waals surface area contributed by atoms with Gasteiger partial charge in [0.2, 0.25) is 5.91 Å². The monoisotopic (exact) mass is 389 g/mol. The number of carbonyl (C=O) groups is 1. The SMILES string of the molecule is N#Cc1cccc(-c2ccc([C@H]3[C@@H](CO)N[C@@H]3CNC(=O)C3CCCC3)cc2)c1. The molecule has 0 aromatic heterocycles. The third-order valence-corrected chi connectivity index (χ3v) is 6.33. The fourth-order valence-corrected chi connectivity index (χ4v) is 4.67. The quantitative estimate of drug-likeness (QED) is 0.709. The molecule has 2 aliphatic rings. The number of carbonyl (C=O) groups excluding carboxylic acids is 1. The maximum Gasteiger partial charge on any atom is 0.223 e. The zero-order valence-corrected chi connectivity index (χ0v) is 16.5. The Labute approximate surface area is 171 Å². The van der Waals surface area contributed by atoms with E-state index in [4.69, 9.17) is 5.26 Å². The third kappa shape index (κ3) is 4.19. The number of hydrogen-bond donors (Lipinski definition) is 3. The molecule has 2 aromatic rings. The summed E-state index contributed by atoms with van der Waals surface area (Å²) in [5, 5.41) is 25.3. The average Bonchev–Trinajstić information content (AvgIpc) is 3.29. The van der Waals surface area contributed by atoms with Crippen LogP contribution in [0.25, 0.3) is 11.1 Å². The molecule has 29 heavy (non-hydrogen) atoms. The summed E-state index contributed by atoms with van der Waals surface area (Å²) in [6, 6.07) is 18.2. The van der Waals surface area contributed by atoms with E-state index in [9.17, 15) is 9.90 Å². The van der Waals surface area contributed by atoms with Crippen molar-refractivity contribution < 1.29 is 9.90 Å². The second-order valence-corrected chi connectivity index (χ2v) is 8.13. The summed E-state index contributed by atoms with van der Waals surface area (Å²) in [6.07, 6.45) is 4.30. The molecule has 0 bridgehead atoms. The second-order valence-electron chi connectivity index (χ2n) is 8.13. The van der Waals surface area contributed by atoms with Crippen molar-refractivity contribution in [2.45, 2.75) is 43.7 Å². The number of hydrogen-bond acceptors (Lipinski definition) is 4. The van der Waals surface area contributed by atoms with Gasteiger partial charge in [-0.1, -0.05) is 49.2 Å².